The van der Waals surface area contributed by atoms with E-state index in [-0.39, 0.29) is 11.8 Å². The number of carbonyl (C=O) groups is 1. The minimum Gasteiger partial charge on any atom is -0.492 e. The highest BCUT2D eigenvalue weighted by Gasteiger charge is 2.33. The van der Waals surface area contributed by atoms with Gasteiger partial charge in [0, 0.05) is 30.5 Å². The SMILES string of the molecule is Cc1cc(OCCn2c(C3CC(=O)N(CCc4ccccc4)C3)nc3ccccc32)ccc1Cl. The Balaban J connectivity index is 1.31. The smallest absolute Gasteiger partial charge is 0.223 e. The highest BCUT2D eigenvalue weighted by Crippen LogP contribution is 2.31. The number of ether oxygens (including phenoxy) is 1. The number of nitrogens with zero attached hydrogens (tertiary/aromatic N) is 3. The highest BCUT2D eigenvalue weighted by molar-refractivity contribution is 6.31. The molecule has 6 heteroatoms. The molecule has 5 nitrogen and oxygen atoms in total. The molecule has 1 unspecified atom stereocenters. The summed E-state index contributed by atoms with van der Waals surface area (Å²) in [7, 11) is 0. The topological polar surface area (TPSA) is 47.4 Å². The molecule has 0 N–H and O–H groups in total. The molecule has 1 amide bonds. The Bertz CT molecular complexity index is 1300. The number of fused-ring (bicyclic) bond motifs is 1. The van der Waals surface area contributed by atoms with Gasteiger partial charge in [-0.15, -0.1) is 0 Å². The van der Waals surface area contributed by atoms with Crippen LogP contribution in [0.15, 0.2) is 72.8 Å². The van der Waals surface area contributed by atoms with Gasteiger partial charge in [0.25, 0.3) is 0 Å². The van der Waals surface area contributed by atoms with E-state index in [1.807, 2.05) is 66.4 Å². The monoisotopic (exact) mass is 473 g/mol. The lowest BCUT2D eigenvalue weighted by molar-refractivity contribution is -0.127. The molecular weight excluding hydrogens is 446 g/mol. The second kappa shape index (κ2) is 9.90. The van der Waals surface area contributed by atoms with Crippen LogP contribution in [0, 0.1) is 6.92 Å². The molecular formula is C28H28ClN3O2. The molecule has 0 saturated carbocycles. The van der Waals surface area contributed by atoms with Crippen molar-refractivity contribution in [3.05, 3.63) is 94.8 Å². The minimum absolute atomic E-state index is 0.0773. The summed E-state index contributed by atoms with van der Waals surface area (Å²) < 4.78 is 8.25. The first-order chi connectivity index (χ1) is 16.6. The van der Waals surface area contributed by atoms with E-state index in [2.05, 4.69) is 22.8 Å². The number of halogens is 1. The third-order valence-corrected chi connectivity index (χ3v) is 6.91. The van der Waals surface area contributed by atoms with E-state index in [1.54, 1.807) is 0 Å². The van der Waals surface area contributed by atoms with Crippen molar-refractivity contribution in [3.63, 3.8) is 0 Å². The number of para-hydroxylation sites is 2. The van der Waals surface area contributed by atoms with Crippen LogP contribution in [0.2, 0.25) is 5.02 Å². The van der Waals surface area contributed by atoms with Crippen molar-refractivity contribution < 1.29 is 9.53 Å². The zero-order valence-corrected chi connectivity index (χ0v) is 20.0. The molecule has 1 aromatic heterocycles. The van der Waals surface area contributed by atoms with E-state index in [1.165, 1.54) is 5.56 Å². The minimum atomic E-state index is 0.0773. The van der Waals surface area contributed by atoms with Crippen LogP contribution in [0.1, 0.15) is 29.3 Å². The summed E-state index contributed by atoms with van der Waals surface area (Å²) in [5.74, 6) is 2.05. The van der Waals surface area contributed by atoms with E-state index >= 15 is 0 Å². The molecule has 34 heavy (non-hydrogen) atoms. The van der Waals surface area contributed by atoms with E-state index in [0.717, 1.165) is 46.2 Å². The predicted octanol–water partition coefficient (Wildman–Crippen LogP) is 5.64. The molecule has 0 bridgehead atoms. The average molecular weight is 474 g/mol. The molecule has 0 radical (unpaired) electrons. The maximum atomic E-state index is 12.8. The number of carbonyl (C=O) groups excluding carboxylic acids is 1. The van der Waals surface area contributed by atoms with Gasteiger partial charge >= 0.3 is 0 Å². The lowest BCUT2D eigenvalue weighted by Gasteiger charge is -2.17. The normalized spacial score (nSPS) is 15.9. The number of hydrogen-bond donors (Lipinski definition) is 0. The van der Waals surface area contributed by atoms with E-state index in [9.17, 15) is 4.79 Å². The lowest BCUT2D eigenvalue weighted by atomic mass is 10.1. The molecule has 1 atom stereocenters. The van der Waals surface area contributed by atoms with E-state index < -0.39 is 0 Å². The maximum Gasteiger partial charge on any atom is 0.223 e. The van der Waals surface area contributed by atoms with Crippen LogP contribution in [0.25, 0.3) is 11.0 Å². The summed E-state index contributed by atoms with van der Waals surface area (Å²) in [6.07, 6.45) is 1.36. The molecule has 0 aliphatic carbocycles. The Hall–Kier alpha value is -3.31. The van der Waals surface area contributed by atoms with Crippen molar-refractivity contribution in [1.82, 2.24) is 14.5 Å². The second-order valence-corrected chi connectivity index (χ2v) is 9.25. The zero-order chi connectivity index (χ0) is 23.5. The number of aryl methyl sites for hydroxylation is 1. The van der Waals surface area contributed by atoms with Gasteiger partial charge in [0.15, 0.2) is 0 Å². The molecule has 1 aliphatic heterocycles. The molecule has 174 valence electrons. The molecule has 0 spiro atoms. The molecule has 5 rings (SSSR count). The first kappa shape index (κ1) is 22.5. The largest absolute Gasteiger partial charge is 0.492 e. The van der Waals surface area contributed by atoms with Gasteiger partial charge < -0.3 is 14.2 Å². The maximum absolute atomic E-state index is 12.8. The Morgan fingerprint density at radius 3 is 2.65 bits per heavy atom. The fourth-order valence-corrected chi connectivity index (χ4v) is 4.79. The predicted molar refractivity (Wildman–Crippen MR) is 136 cm³/mol. The quantitative estimate of drug-likeness (QED) is 0.333. The fraction of sp³-hybridized carbons (Fsp3) is 0.286. The Labute approximate surface area is 204 Å². The van der Waals surface area contributed by atoms with Crippen LogP contribution in [0.3, 0.4) is 0 Å². The van der Waals surface area contributed by atoms with Crippen LogP contribution in [-0.4, -0.2) is 40.1 Å². The van der Waals surface area contributed by atoms with Gasteiger partial charge in [-0.3, -0.25) is 4.79 Å². The van der Waals surface area contributed by atoms with Crippen molar-refractivity contribution in [3.8, 4) is 5.75 Å². The first-order valence-electron chi connectivity index (χ1n) is 11.7. The van der Waals surface area contributed by atoms with Crippen molar-refractivity contribution in [2.24, 2.45) is 0 Å². The summed E-state index contributed by atoms with van der Waals surface area (Å²) in [6.45, 7) is 4.57. The van der Waals surface area contributed by atoms with Gasteiger partial charge in [-0.1, -0.05) is 54.1 Å². The van der Waals surface area contributed by atoms with Crippen molar-refractivity contribution in [2.75, 3.05) is 19.7 Å². The molecule has 4 aromatic rings. The fourth-order valence-electron chi connectivity index (χ4n) is 4.67. The van der Waals surface area contributed by atoms with Gasteiger partial charge in [0.05, 0.1) is 17.6 Å². The van der Waals surface area contributed by atoms with E-state index in [0.29, 0.717) is 26.1 Å². The Morgan fingerprint density at radius 2 is 1.82 bits per heavy atom. The molecule has 1 fully saturated rings. The number of hydrogen-bond acceptors (Lipinski definition) is 3. The molecule has 1 saturated heterocycles. The van der Waals surface area contributed by atoms with Gasteiger partial charge in [-0.2, -0.15) is 0 Å². The third-order valence-electron chi connectivity index (χ3n) is 6.49. The molecule has 2 heterocycles. The Kier molecular flexibility index (Phi) is 6.54. The summed E-state index contributed by atoms with van der Waals surface area (Å²) in [5, 5.41) is 0.734. The van der Waals surface area contributed by atoms with Crippen molar-refractivity contribution in [2.45, 2.75) is 32.2 Å². The average Bonchev–Trinajstić information content (AvgIpc) is 3.41. The summed E-state index contributed by atoms with van der Waals surface area (Å²) in [4.78, 5) is 19.7. The van der Waals surface area contributed by atoms with Gasteiger partial charge in [-0.25, -0.2) is 4.98 Å². The summed E-state index contributed by atoms with van der Waals surface area (Å²) >= 11 is 6.14. The third kappa shape index (κ3) is 4.80. The number of imidazole rings is 1. The number of rotatable bonds is 8. The summed E-state index contributed by atoms with van der Waals surface area (Å²) in [6, 6.07) is 24.2. The van der Waals surface area contributed by atoms with Crippen LogP contribution < -0.4 is 4.74 Å². The summed E-state index contributed by atoms with van der Waals surface area (Å²) in [5.41, 5.74) is 4.27. The van der Waals surface area contributed by atoms with Crippen molar-refractivity contribution >= 4 is 28.5 Å². The zero-order valence-electron chi connectivity index (χ0n) is 19.3. The van der Waals surface area contributed by atoms with Crippen LogP contribution in [0.5, 0.6) is 5.75 Å². The van der Waals surface area contributed by atoms with Gasteiger partial charge in [0.2, 0.25) is 5.91 Å². The highest BCUT2D eigenvalue weighted by atomic mass is 35.5. The number of amides is 1. The van der Waals surface area contributed by atoms with Crippen LogP contribution >= 0.6 is 11.6 Å². The molecule has 3 aromatic carbocycles. The van der Waals surface area contributed by atoms with Gasteiger partial charge in [0.1, 0.15) is 18.2 Å². The first-order valence-corrected chi connectivity index (χ1v) is 12.1. The number of benzene rings is 3. The molecule has 1 aliphatic rings. The number of aromatic nitrogens is 2. The standard InChI is InChI=1S/C28H28ClN3O2/c1-20-17-23(11-12-24(20)29)34-16-15-32-26-10-6-5-9-25(26)30-28(32)22-18-27(33)31(19-22)14-13-21-7-3-2-4-8-21/h2-12,17,22H,13-16,18-19H2,1H3. The van der Waals surface area contributed by atoms with E-state index in [4.69, 9.17) is 21.3 Å². The van der Waals surface area contributed by atoms with Crippen molar-refractivity contribution in [1.29, 1.82) is 0 Å². The Morgan fingerprint density at radius 1 is 1.03 bits per heavy atom. The lowest BCUT2D eigenvalue weighted by Crippen LogP contribution is -2.27. The second-order valence-electron chi connectivity index (χ2n) is 8.85. The number of likely N-dealkylation sites (tertiary alicyclic amines) is 1. The van der Waals surface area contributed by atoms with Crippen LogP contribution in [0.4, 0.5) is 0 Å². The van der Waals surface area contributed by atoms with Gasteiger partial charge in [-0.05, 0) is 54.8 Å². The van der Waals surface area contributed by atoms with Crippen LogP contribution in [-0.2, 0) is 17.8 Å².